The maximum Gasteiger partial charge on any atom is 0.255 e. The highest BCUT2D eigenvalue weighted by Crippen LogP contribution is 2.35. The molecule has 0 spiro atoms. The second-order valence-corrected chi connectivity index (χ2v) is 10.5. The third-order valence-electron chi connectivity index (χ3n) is 6.12. The summed E-state index contributed by atoms with van der Waals surface area (Å²) in [4.78, 5) is 29.2. The van der Waals surface area contributed by atoms with Gasteiger partial charge in [0.2, 0.25) is 5.91 Å². The predicted octanol–water partition coefficient (Wildman–Crippen LogP) is 5.83. The maximum atomic E-state index is 13.7. The molecule has 3 aromatic carbocycles. The van der Waals surface area contributed by atoms with Crippen molar-refractivity contribution in [2.24, 2.45) is 5.92 Å². The van der Waals surface area contributed by atoms with Crippen LogP contribution in [-0.4, -0.2) is 33.9 Å². The first-order valence-electron chi connectivity index (χ1n) is 11.8. The fraction of sp³-hybridized carbons (Fsp3) is 0.310. The summed E-state index contributed by atoms with van der Waals surface area (Å²) in [5.74, 6) is 0.832. The van der Waals surface area contributed by atoms with Crippen LogP contribution in [0.3, 0.4) is 0 Å². The summed E-state index contributed by atoms with van der Waals surface area (Å²) in [6.07, 6.45) is 0.854. The molecule has 0 aromatic heterocycles. The summed E-state index contributed by atoms with van der Waals surface area (Å²) in [5.41, 5.74) is 3.70. The normalized spacial score (nSPS) is 17.9. The first-order chi connectivity index (χ1) is 16.4. The predicted molar refractivity (Wildman–Crippen MR) is 140 cm³/mol. The van der Waals surface area contributed by atoms with Gasteiger partial charge in [-0.05, 0) is 42.5 Å². The van der Waals surface area contributed by atoms with E-state index in [0.717, 1.165) is 23.1 Å². The summed E-state index contributed by atoms with van der Waals surface area (Å²) >= 11 is 1.71. The molecule has 2 unspecified atom stereocenters. The molecule has 4 nitrogen and oxygen atoms in total. The van der Waals surface area contributed by atoms with Crippen molar-refractivity contribution in [3.05, 3.63) is 107 Å². The van der Waals surface area contributed by atoms with Crippen LogP contribution in [0.1, 0.15) is 53.4 Å². The van der Waals surface area contributed by atoms with Crippen LogP contribution in [-0.2, 0) is 4.79 Å². The van der Waals surface area contributed by atoms with Gasteiger partial charge in [-0.15, -0.1) is 11.8 Å². The van der Waals surface area contributed by atoms with Gasteiger partial charge in [-0.2, -0.15) is 0 Å². The zero-order valence-electron chi connectivity index (χ0n) is 20.0. The Kier molecular flexibility index (Phi) is 7.73. The molecule has 0 radical (unpaired) electrons. The zero-order valence-corrected chi connectivity index (χ0v) is 20.8. The molecule has 0 aliphatic carbocycles. The van der Waals surface area contributed by atoms with E-state index in [4.69, 9.17) is 0 Å². The molecule has 2 atom stereocenters. The van der Waals surface area contributed by atoms with Crippen molar-refractivity contribution in [3.63, 3.8) is 0 Å². The lowest BCUT2D eigenvalue weighted by Crippen LogP contribution is -2.50. The number of hydrogen-bond donors (Lipinski definition) is 1. The minimum Gasteiger partial charge on any atom is -0.343 e. The molecule has 2 amide bonds. The number of carbonyl (C=O) groups excluding carboxylic acids is 2. The van der Waals surface area contributed by atoms with Crippen LogP contribution in [0, 0.1) is 12.8 Å². The van der Waals surface area contributed by atoms with Crippen LogP contribution in [0.15, 0.2) is 84.9 Å². The van der Waals surface area contributed by atoms with Gasteiger partial charge in [-0.3, -0.25) is 9.59 Å². The van der Waals surface area contributed by atoms with E-state index in [1.807, 2.05) is 96.8 Å². The highest BCUT2D eigenvalue weighted by molar-refractivity contribution is 8.00. The average molecular weight is 473 g/mol. The van der Waals surface area contributed by atoms with E-state index in [1.54, 1.807) is 11.8 Å². The van der Waals surface area contributed by atoms with Crippen molar-refractivity contribution < 1.29 is 9.59 Å². The molecule has 1 fully saturated rings. The van der Waals surface area contributed by atoms with Gasteiger partial charge < -0.3 is 10.2 Å². The molecule has 5 heteroatoms. The molecule has 1 aliphatic heterocycles. The number of rotatable bonds is 7. The van der Waals surface area contributed by atoms with Gasteiger partial charge in [-0.1, -0.05) is 92.2 Å². The molecule has 0 bridgehead atoms. The minimum absolute atomic E-state index is 0.0179. The van der Waals surface area contributed by atoms with Gasteiger partial charge >= 0.3 is 0 Å². The molecule has 1 saturated heterocycles. The number of amides is 2. The van der Waals surface area contributed by atoms with E-state index >= 15 is 0 Å². The fourth-order valence-corrected chi connectivity index (χ4v) is 6.08. The highest BCUT2D eigenvalue weighted by Gasteiger charge is 2.42. The summed E-state index contributed by atoms with van der Waals surface area (Å²) in [6.45, 7) is 6.30. The number of thioether (sulfide) groups is 1. The maximum absolute atomic E-state index is 13.7. The van der Waals surface area contributed by atoms with Crippen molar-refractivity contribution in [1.82, 2.24) is 10.2 Å². The quantitative estimate of drug-likeness (QED) is 0.471. The molecule has 34 heavy (non-hydrogen) atoms. The topological polar surface area (TPSA) is 49.4 Å². The molecule has 1 heterocycles. The molecule has 176 valence electrons. The fourth-order valence-electron chi connectivity index (χ4n) is 4.44. The Bertz CT molecular complexity index is 1080. The minimum atomic E-state index is -0.517. The van der Waals surface area contributed by atoms with Crippen molar-refractivity contribution in [2.45, 2.75) is 44.6 Å². The molecule has 3 aromatic rings. The smallest absolute Gasteiger partial charge is 0.255 e. The van der Waals surface area contributed by atoms with E-state index < -0.39 is 6.04 Å². The summed E-state index contributed by atoms with van der Waals surface area (Å²) < 4.78 is 0. The third-order valence-corrected chi connectivity index (χ3v) is 7.43. The Labute approximate surface area is 206 Å². The van der Waals surface area contributed by atoms with Crippen LogP contribution < -0.4 is 5.32 Å². The van der Waals surface area contributed by atoms with Crippen molar-refractivity contribution in [1.29, 1.82) is 0 Å². The number of nitrogens with zero attached hydrogens (tertiary/aromatic N) is 1. The first-order valence-corrected chi connectivity index (χ1v) is 12.9. The van der Waals surface area contributed by atoms with Gasteiger partial charge in [0.05, 0.1) is 11.4 Å². The largest absolute Gasteiger partial charge is 0.343 e. The molecule has 1 N–H and O–H groups in total. The SMILES string of the molecule is Cc1cccc(C(=O)N2C(CC(C)C)SCC2C(=O)NC(c2ccccc2)c2ccccc2)c1. The van der Waals surface area contributed by atoms with Crippen molar-refractivity contribution in [3.8, 4) is 0 Å². The summed E-state index contributed by atoms with van der Waals surface area (Å²) in [5, 5.41) is 3.25. The Morgan fingerprint density at radius 3 is 2.12 bits per heavy atom. The zero-order chi connectivity index (χ0) is 24.1. The standard InChI is InChI=1S/C29H32N2O2S/c1-20(2)17-26-31(29(33)24-16-10-11-21(3)18-24)25(19-34-26)28(32)30-27(22-12-6-4-7-13-22)23-14-8-5-9-15-23/h4-16,18,20,25-27H,17,19H2,1-3H3,(H,30,32). The van der Waals surface area contributed by atoms with E-state index in [0.29, 0.717) is 17.2 Å². The molecule has 4 rings (SSSR count). The molecular formula is C29H32N2O2S. The van der Waals surface area contributed by atoms with Crippen LogP contribution in [0.4, 0.5) is 0 Å². The highest BCUT2D eigenvalue weighted by atomic mass is 32.2. The van der Waals surface area contributed by atoms with E-state index in [2.05, 4.69) is 19.2 Å². The van der Waals surface area contributed by atoms with Gasteiger partial charge in [0.15, 0.2) is 0 Å². The van der Waals surface area contributed by atoms with Crippen LogP contribution in [0.25, 0.3) is 0 Å². The van der Waals surface area contributed by atoms with Gasteiger partial charge in [0.25, 0.3) is 5.91 Å². The molecular weight excluding hydrogens is 440 g/mol. The number of hydrogen-bond acceptors (Lipinski definition) is 3. The van der Waals surface area contributed by atoms with Crippen LogP contribution >= 0.6 is 11.8 Å². The Morgan fingerprint density at radius 2 is 1.56 bits per heavy atom. The van der Waals surface area contributed by atoms with E-state index in [9.17, 15) is 9.59 Å². The number of aryl methyl sites for hydroxylation is 1. The number of nitrogens with one attached hydrogen (secondary N) is 1. The second-order valence-electron chi connectivity index (χ2n) is 9.28. The van der Waals surface area contributed by atoms with E-state index in [1.165, 1.54) is 0 Å². The van der Waals surface area contributed by atoms with Crippen LogP contribution in [0.5, 0.6) is 0 Å². The lowest BCUT2D eigenvalue weighted by atomic mass is 9.98. The van der Waals surface area contributed by atoms with Gasteiger partial charge in [0.1, 0.15) is 6.04 Å². The Hall–Kier alpha value is -3.05. The lowest BCUT2D eigenvalue weighted by Gasteiger charge is -2.31. The van der Waals surface area contributed by atoms with Gasteiger partial charge in [0, 0.05) is 11.3 Å². The van der Waals surface area contributed by atoms with E-state index in [-0.39, 0.29) is 23.2 Å². The van der Waals surface area contributed by atoms with Gasteiger partial charge in [-0.25, -0.2) is 0 Å². The molecule has 0 saturated carbocycles. The Morgan fingerprint density at radius 1 is 0.941 bits per heavy atom. The summed E-state index contributed by atoms with van der Waals surface area (Å²) in [6, 6.07) is 26.8. The number of benzene rings is 3. The second kappa shape index (κ2) is 10.9. The monoisotopic (exact) mass is 472 g/mol. The average Bonchev–Trinajstić information content (AvgIpc) is 3.26. The summed E-state index contributed by atoms with van der Waals surface area (Å²) in [7, 11) is 0. The Balaban J connectivity index is 1.63. The molecule has 1 aliphatic rings. The van der Waals surface area contributed by atoms with Crippen molar-refractivity contribution in [2.75, 3.05) is 5.75 Å². The van der Waals surface area contributed by atoms with Crippen molar-refractivity contribution >= 4 is 23.6 Å². The first kappa shape index (κ1) is 24.1. The van der Waals surface area contributed by atoms with Crippen LogP contribution in [0.2, 0.25) is 0 Å². The third kappa shape index (κ3) is 5.53. The number of carbonyl (C=O) groups is 2. The lowest BCUT2D eigenvalue weighted by molar-refractivity contribution is -0.125.